The lowest BCUT2D eigenvalue weighted by Crippen LogP contribution is -2.47. The summed E-state index contributed by atoms with van der Waals surface area (Å²) in [5.41, 5.74) is 0. The van der Waals surface area contributed by atoms with Crippen LogP contribution in [0.5, 0.6) is 0 Å². The molecule has 0 aliphatic carbocycles. The summed E-state index contributed by atoms with van der Waals surface area (Å²) in [6.07, 6.45) is 5.80. The van der Waals surface area contributed by atoms with Crippen LogP contribution >= 0.6 is 0 Å². The summed E-state index contributed by atoms with van der Waals surface area (Å²) < 4.78 is 1.86. The summed E-state index contributed by atoms with van der Waals surface area (Å²) >= 11 is 0. The van der Waals surface area contributed by atoms with Crippen molar-refractivity contribution >= 4 is 5.91 Å². The fourth-order valence-corrected chi connectivity index (χ4v) is 1.79. The number of nitrogens with zero attached hydrogens (tertiary/aromatic N) is 2. The number of nitrogens with one attached hydrogen (secondary N) is 2. The van der Waals surface area contributed by atoms with Gasteiger partial charge in [-0.1, -0.05) is 13.3 Å². The van der Waals surface area contributed by atoms with E-state index in [-0.39, 0.29) is 18.0 Å². The number of carbonyl (C=O) groups excluding carboxylic acids is 1. The lowest BCUT2D eigenvalue weighted by Gasteiger charge is -2.19. The molecule has 5 nitrogen and oxygen atoms in total. The van der Waals surface area contributed by atoms with Gasteiger partial charge in [-0.3, -0.25) is 9.48 Å². The van der Waals surface area contributed by atoms with E-state index in [0.29, 0.717) is 0 Å². The molecule has 2 unspecified atom stereocenters. The van der Waals surface area contributed by atoms with Crippen LogP contribution in [-0.2, 0) is 11.3 Å². The molecule has 5 heteroatoms. The van der Waals surface area contributed by atoms with Gasteiger partial charge in [0, 0.05) is 25.0 Å². The second-order valence-corrected chi connectivity index (χ2v) is 4.66. The summed E-state index contributed by atoms with van der Waals surface area (Å²) in [5.74, 6) is 0.0655. The van der Waals surface area contributed by atoms with Crippen molar-refractivity contribution in [3.05, 3.63) is 18.5 Å². The minimum atomic E-state index is -0.174. The molecule has 1 rings (SSSR count). The van der Waals surface area contributed by atoms with Crippen LogP contribution in [0.3, 0.4) is 0 Å². The van der Waals surface area contributed by atoms with Crippen molar-refractivity contribution in [2.24, 2.45) is 0 Å². The Kier molecular flexibility index (Phi) is 6.43. The highest BCUT2D eigenvalue weighted by Crippen LogP contribution is 1.94. The third-order valence-corrected chi connectivity index (χ3v) is 2.78. The molecule has 0 aromatic carbocycles. The van der Waals surface area contributed by atoms with Crippen molar-refractivity contribution in [2.75, 3.05) is 6.54 Å². The molecular weight excluding hydrogens is 228 g/mol. The highest BCUT2D eigenvalue weighted by molar-refractivity contribution is 5.81. The van der Waals surface area contributed by atoms with E-state index in [2.05, 4.69) is 29.6 Å². The Morgan fingerprint density at radius 2 is 2.22 bits per heavy atom. The van der Waals surface area contributed by atoms with Crippen LogP contribution in [0, 0.1) is 0 Å². The van der Waals surface area contributed by atoms with Crippen LogP contribution in [-0.4, -0.2) is 34.3 Å². The summed E-state index contributed by atoms with van der Waals surface area (Å²) in [5, 5.41) is 10.3. The monoisotopic (exact) mass is 252 g/mol. The van der Waals surface area contributed by atoms with E-state index in [0.717, 1.165) is 25.9 Å². The van der Waals surface area contributed by atoms with Crippen LogP contribution in [0.4, 0.5) is 0 Å². The Bertz CT molecular complexity index is 337. The van der Waals surface area contributed by atoms with Gasteiger partial charge in [-0.15, -0.1) is 0 Å². The lowest BCUT2D eigenvalue weighted by atomic mass is 10.2. The molecule has 1 aromatic rings. The Hall–Kier alpha value is -1.36. The van der Waals surface area contributed by atoms with Crippen LogP contribution in [0.15, 0.2) is 18.5 Å². The van der Waals surface area contributed by atoms with Gasteiger partial charge >= 0.3 is 0 Å². The second kappa shape index (κ2) is 7.87. The molecular formula is C13H24N4O. The van der Waals surface area contributed by atoms with Gasteiger partial charge in [0.25, 0.3) is 0 Å². The van der Waals surface area contributed by atoms with E-state index >= 15 is 0 Å². The third-order valence-electron chi connectivity index (χ3n) is 2.78. The molecule has 0 aliphatic heterocycles. The zero-order chi connectivity index (χ0) is 13.4. The first-order valence-corrected chi connectivity index (χ1v) is 6.64. The average molecular weight is 252 g/mol. The number of rotatable bonds is 8. The highest BCUT2D eigenvalue weighted by atomic mass is 16.2. The van der Waals surface area contributed by atoms with Crippen molar-refractivity contribution < 1.29 is 4.79 Å². The van der Waals surface area contributed by atoms with E-state index in [1.807, 2.05) is 23.9 Å². The SMILES string of the molecule is CCCCNC(=O)C(C)NC(C)Cn1cccn1. The van der Waals surface area contributed by atoms with Gasteiger partial charge in [-0.25, -0.2) is 0 Å². The average Bonchev–Trinajstić information content (AvgIpc) is 2.81. The Balaban J connectivity index is 2.25. The summed E-state index contributed by atoms with van der Waals surface area (Å²) in [7, 11) is 0. The second-order valence-electron chi connectivity index (χ2n) is 4.66. The van der Waals surface area contributed by atoms with E-state index < -0.39 is 0 Å². The van der Waals surface area contributed by atoms with E-state index in [4.69, 9.17) is 0 Å². The quantitative estimate of drug-likeness (QED) is 0.683. The Labute approximate surface area is 109 Å². The minimum absolute atomic E-state index is 0.0655. The predicted molar refractivity (Wildman–Crippen MR) is 72.2 cm³/mol. The molecule has 1 aromatic heterocycles. The first kappa shape index (κ1) is 14.7. The van der Waals surface area contributed by atoms with E-state index in [9.17, 15) is 4.79 Å². The zero-order valence-electron chi connectivity index (χ0n) is 11.5. The fourth-order valence-electron chi connectivity index (χ4n) is 1.79. The van der Waals surface area contributed by atoms with E-state index in [1.165, 1.54) is 0 Å². The third kappa shape index (κ3) is 5.31. The number of hydrogen-bond donors (Lipinski definition) is 2. The van der Waals surface area contributed by atoms with Gasteiger partial charge in [-0.05, 0) is 26.3 Å². The lowest BCUT2D eigenvalue weighted by molar-refractivity contribution is -0.122. The summed E-state index contributed by atoms with van der Waals surface area (Å²) in [4.78, 5) is 11.8. The molecule has 1 amide bonds. The van der Waals surface area contributed by atoms with Crippen LogP contribution in [0.25, 0.3) is 0 Å². The standard InChI is InChI=1S/C13H24N4O/c1-4-5-7-14-13(18)12(3)16-11(2)10-17-9-6-8-15-17/h6,8-9,11-12,16H,4-5,7,10H2,1-3H3,(H,14,18). The number of hydrogen-bond acceptors (Lipinski definition) is 3. The zero-order valence-corrected chi connectivity index (χ0v) is 11.5. The van der Waals surface area contributed by atoms with Crippen LogP contribution in [0.1, 0.15) is 33.6 Å². The van der Waals surface area contributed by atoms with Gasteiger partial charge < -0.3 is 10.6 Å². The molecule has 0 aliphatic rings. The Morgan fingerprint density at radius 3 is 2.83 bits per heavy atom. The molecule has 0 fully saturated rings. The molecule has 18 heavy (non-hydrogen) atoms. The molecule has 0 saturated carbocycles. The van der Waals surface area contributed by atoms with Gasteiger partial charge in [0.2, 0.25) is 5.91 Å². The van der Waals surface area contributed by atoms with Crippen LogP contribution < -0.4 is 10.6 Å². The van der Waals surface area contributed by atoms with Crippen LogP contribution in [0.2, 0.25) is 0 Å². The van der Waals surface area contributed by atoms with Crippen molar-refractivity contribution in [3.63, 3.8) is 0 Å². The maximum absolute atomic E-state index is 11.8. The normalized spacial score (nSPS) is 14.2. The first-order chi connectivity index (χ1) is 8.63. The maximum atomic E-state index is 11.8. The molecule has 102 valence electrons. The van der Waals surface area contributed by atoms with Gasteiger partial charge in [0.1, 0.15) is 0 Å². The number of aromatic nitrogens is 2. The molecule has 1 heterocycles. The summed E-state index contributed by atoms with van der Waals surface area (Å²) in [6, 6.07) is 1.93. The molecule has 2 atom stereocenters. The maximum Gasteiger partial charge on any atom is 0.236 e. The predicted octanol–water partition coefficient (Wildman–Crippen LogP) is 1.17. The molecule has 0 spiro atoms. The van der Waals surface area contributed by atoms with Crippen molar-refractivity contribution in [1.29, 1.82) is 0 Å². The van der Waals surface area contributed by atoms with Crippen molar-refractivity contribution in [2.45, 2.75) is 52.2 Å². The summed E-state index contributed by atoms with van der Waals surface area (Å²) in [6.45, 7) is 7.58. The molecule has 0 saturated heterocycles. The highest BCUT2D eigenvalue weighted by Gasteiger charge is 2.14. The largest absolute Gasteiger partial charge is 0.355 e. The van der Waals surface area contributed by atoms with E-state index in [1.54, 1.807) is 6.20 Å². The molecule has 0 radical (unpaired) electrons. The van der Waals surface area contributed by atoms with Gasteiger partial charge in [0.15, 0.2) is 0 Å². The molecule has 0 bridgehead atoms. The number of carbonyl (C=O) groups is 1. The Morgan fingerprint density at radius 1 is 1.44 bits per heavy atom. The van der Waals surface area contributed by atoms with Gasteiger partial charge in [-0.2, -0.15) is 5.10 Å². The van der Waals surface area contributed by atoms with Crippen molar-refractivity contribution in [1.82, 2.24) is 20.4 Å². The van der Waals surface area contributed by atoms with Gasteiger partial charge in [0.05, 0.1) is 12.6 Å². The molecule has 2 N–H and O–H groups in total. The first-order valence-electron chi connectivity index (χ1n) is 6.64. The minimum Gasteiger partial charge on any atom is -0.355 e. The topological polar surface area (TPSA) is 59.0 Å². The van der Waals surface area contributed by atoms with Crippen molar-refractivity contribution in [3.8, 4) is 0 Å². The number of amides is 1. The number of unbranched alkanes of at least 4 members (excludes halogenated alkanes) is 1. The smallest absolute Gasteiger partial charge is 0.236 e. The fraction of sp³-hybridized carbons (Fsp3) is 0.692.